The average Bonchev–Trinajstić information content (AvgIpc) is 3.97. The molecule has 4 aromatic rings. The van der Waals surface area contributed by atoms with Crippen molar-refractivity contribution in [3.63, 3.8) is 0 Å². The zero-order valence-corrected chi connectivity index (χ0v) is 26.7. The van der Waals surface area contributed by atoms with E-state index in [9.17, 15) is 35.9 Å². The summed E-state index contributed by atoms with van der Waals surface area (Å²) in [5.74, 6) is -1.53. The van der Waals surface area contributed by atoms with Crippen molar-refractivity contribution in [3.05, 3.63) is 95.1 Å². The molecule has 0 bridgehead atoms. The quantitative estimate of drug-likeness (QED) is 0.219. The first-order chi connectivity index (χ1) is 24.1. The third-order valence-electron chi connectivity index (χ3n) is 9.78. The molecule has 0 N–H and O–H groups in total. The van der Waals surface area contributed by atoms with Crippen LogP contribution >= 0.6 is 0 Å². The normalized spacial score (nSPS) is 25.6. The van der Waals surface area contributed by atoms with Gasteiger partial charge in [-0.1, -0.05) is 60.7 Å². The molecular weight excluding hydrogens is 666 g/mol. The van der Waals surface area contributed by atoms with Gasteiger partial charge in [-0.15, -0.1) is 10.2 Å². The van der Waals surface area contributed by atoms with Gasteiger partial charge in [0.15, 0.2) is 24.0 Å². The highest BCUT2D eigenvalue weighted by atomic mass is 19.3. The molecule has 264 valence electrons. The van der Waals surface area contributed by atoms with Gasteiger partial charge < -0.3 is 9.80 Å². The molecule has 2 aromatic carbocycles. The monoisotopic (exact) mass is 700 g/mol. The number of likely N-dealkylation sites (tertiary alicyclic amines) is 2. The van der Waals surface area contributed by atoms with Gasteiger partial charge in [0.2, 0.25) is 11.6 Å². The number of nitrogens with zero attached hydrogens (tertiary/aromatic N) is 8. The van der Waals surface area contributed by atoms with Crippen LogP contribution in [-0.4, -0.2) is 89.2 Å². The highest BCUT2D eigenvalue weighted by Crippen LogP contribution is 2.41. The van der Waals surface area contributed by atoms with E-state index >= 15 is 0 Å². The molecule has 0 radical (unpaired) electrons. The van der Waals surface area contributed by atoms with Gasteiger partial charge in [-0.25, -0.2) is 45.7 Å². The number of fused-ring (bicyclic) bond motifs is 2. The number of carbonyl (C=O) groups excluding carboxylic acids is 2. The van der Waals surface area contributed by atoms with E-state index in [1.165, 1.54) is 9.36 Å². The number of aromatic nitrogens is 6. The Kier molecular flexibility index (Phi) is 9.35. The summed E-state index contributed by atoms with van der Waals surface area (Å²) >= 11 is 0. The smallest absolute Gasteiger partial charge is 0.293 e. The van der Waals surface area contributed by atoms with Crippen molar-refractivity contribution in [1.82, 2.24) is 39.3 Å². The first-order valence-corrected chi connectivity index (χ1v) is 16.6. The van der Waals surface area contributed by atoms with E-state index in [2.05, 4.69) is 20.2 Å². The molecule has 0 aliphatic carbocycles. The summed E-state index contributed by atoms with van der Waals surface area (Å²) in [5, 5.41) is 8.33. The Labute approximate surface area is 283 Å². The highest BCUT2D eigenvalue weighted by molar-refractivity contribution is 5.91. The number of amides is 2. The van der Waals surface area contributed by atoms with Crippen molar-refractivity contribution in [2.45, 2.75) is 87.9 Å². The Morgan fingerprint density at radius 1 is 0.620 bits per heavy atom. The Morgan fingerprint density at radius 3 is 1.36 bits per heavy atom. The van der Waals surface area contributed by atoms with E-state index in [1.54, 1.807) is 0 Å². The zero-order chi connectivity index (χ0) is 35.1. The maximum atomic E-state index is 14.3. The van der Waals surface area contributed by atoms with E-state index in [0.717, 1.165) is 20.9 Å². The van der Waals surface area contributed by atoms with Crippen LogP contribution in [0.4, 0.5) is 26.3 Å². The highest BCUT2D eigenvalue weighted by Gasteiger charge is 2.42. The summed E-state index contributed by atoms with van der Waals surface area (Å²) in [6.07, 6.45) is -5.90. The predicted molar refractivity (Wildman–Crippen MR) is 166 cm³/mol. The summed E-state index contributed by atoms with van der Waals surface area (Å²) in [7, 11) is 0. The number of benzene rings is 2. The van der Waals surface area contributed by atoms with Crippen LogP contribution in [0.3, 0.4) is 0 Å². The van der Waals surface area contributed by atoms with Crippen molar-refractivity contribution >= 4 is 11.8 Å². The molecule has 6 heterocycles. The van der Waals surface area contributed by atoms with Crippen LogP contribution in [0.2, 0.25) is 0 Å². The molecule has 0 spiro atoms. The third-order valence-corrected chi connectivity index (χ3v) is 9.78. The Bertz CT molecular complexity index is 1690. The van der Waals surface area contributed by atoms with Crippen molar-refractivity contribution in [3.8, 4) is 0 Å². The van der Waals surface area contributed by atoms with Gasteiger partial charge >= 0.3 is 0 Å². The second-order valence-electron chi connectivity index (χ2n) is 12.8. The molecule has 4 aliphatic heterocycles. The van der Waals surface area contributed by atoms with E-state index in [1.807, 2.05) is 60.7 Å². The molecule has 0 saturated carbocycles. The predicted octanol–water partition coefficient (Wildman–Crippen LogP) is 6.30. The van der Waals surface area contributed by atoms with Gasteiger partial charge in [0.1, 0.15) is 0 Å². The van der Waals surface area contributed by atoms with Crippen molar-refractivity contribution < 1.29 is 35.9 Å². The zero-order valence-electron chi connectivity index (χ0n) is 26.7. The Balaban J connectivity index is 0.000000157. The van der Waals surface area contributed by atoms with Gasteiger partial charge in [0, 0.05) is 25.9 Å². The SMILES string of the molecule is O=C(c1nc2n(n1)[C@@H](c1ccccc1)C[C@H]2F)N1CCC[C@@H]1C(F)F.O=C(c1nc2n(n1)[C@@H](c1ccccc1)C[C@H]2F)N1CCC[C@H]1C(F)F. The van der Waals surface area contributed by atoms with Crippen LogP contribution in [0, 0.1) is 0 Å². The second kappa shape index (κ2) is 13.9. The summed E-state index contributed by atoms with van der Waals surface area (Å²) in [6.45, 7) is 0.498. The van der Waals surface area contributed by atoms with Crippen molar-refractivity contribution in [2.75, 3.05) is 13.1 Å². The van der Waals surface area contributed by atoms with Crippen LogP contribution in [0.5, 0.6) is 0 Å². The summed E-state index contributed by atoms with van der Waals surface area (Å²) in [4.78, 5) is 35.4. The maximum Gasteiger partial charge on any atom is 0.293 e. The van der Waals surface area contributed by atoms with Crippen molar-refractivity contribution in [1.29, 1.82) is 0 Å². The van der Waals surface area contributed by atoms with E-state index in [0.29, 0.717) is 12.8 Å². The lowest BCUT2D eigenvalue weighted by Gasteiger charge is -2.22. The molecule has 2 amide bonds. The minimum atomic E-state index is -2.60. The molecule has 8 rings (SSSR count). The van der Waals surface area contributed by atoms with Gasteiger partial charge in [-0.05, 0) is 36.8 Å². The molecule has 0 unspecified atom stereocenters. The fraction of sp³-hybridized carbons (Fsp3) is 0.471. The largest absolute Gasteiger partial charge is 0.327 e. The van der Waals surface area contributed by atoms with E-state index in [4.69, 9.17) is 0 Å². The van der Waals surface area contributed by atoms with Gasteiger partial charge in [0.25, 0.3) is 24.7 Å². The summed E-state index contributed by atoms with van der Waals surface area (Å²) in [5.41, 5.74) is 1.75. The minimum Gasteiger partial charge on any atom is -0.327 e. The van der Waals surface area contributed by atoms with Crippen molar-refractivity contribution in [2.24, 2.45) is 0 Å². The molecule has 4 aliphatic rings. The van der Waals surface area contributed by atoms with Crippen LogP contribution in [0.1, 0.15) is 107 Å². The number of carbonyl (C=O) groups is 2. The second-order valence-corrected chi connectivity index (χ2v) is 12.8. The molecule has 10 nitrogen and oxygen atoms in total. The van der Waals surface area contributed by atoms with Gasteiger partial charge in [0.05, 0.1) is 24.2 Å². The molecule has 2 saturated heterocycles. The van der Waals surface area contributed by atoms with Crippen LogP contribution in [0.15, 0.2) is 60.7 Å². The third kappa shape index (κ3) is 6.23. The summed E-state index contributed by atoms with van der Waals surface area (Å²) < 4.78 is 83.8. The van der Waals surface area contributed by atoms with Crippen LogP contribution < -0.4 is 0 Å². The number of halogens is 6. The fourth-order valence-corrected chi connectivity index (χ4v) is 7.32. The minimum absolute atomic E-state index is 0.0880. The topological polar surface area (TPSA) is 102 Å². The molecule has 2 aromatic heterocycles. The first kappa shape index (κ1) is 33.7. The number of alkyl halides is 6. The lowest BCUT2D eigenvalue weighted by molar-refractivity contribution is 0.0353. The van der Waals surface area contributed by atoms with E-state index < -0.39 is 49.1 Å². The average molecular weight is 701 g/mol. The van der Waals surface area contributed by atoms with Crippen LogP contribution in [0.25, 0.3) is 0 Å². The molecule has 16 heteroatoms. The van der Waals surface area contributed by atoms with E-state index in [-0.39, 0.29) is 74.2 Å². The molecule has 2 fully saturated rings. The van der Waals surface area contributed by atoms with Crippen LogP contribution in [-0.2, 0) is 0 Å². The first-order valence-electron chi connectivity index (χ1n) is 16.6. The summed E-state index contributed by atoms with van der Waals surface area (Å²) in [6, 6.07) is 15.7. The molecule has 50 heavy (non-hydrogen) atoms. The standard InChI is InChI=1S/2C17H17F3N4O/c2*18-11-9-13(10-5-2-1-3-6-10)24-16(11)21-15(22-24)17(25)23-8-4-7-12(23)14(19)20/h2*1-3,5-6,11-14H,4,7-9H2/t11-,12+,13-;11-,12-,13-/m11/s1. The molecule has 6 atom stereocenters. The lowest BCUT2D eigenvalue weighted by Crippen LogP contribution is -2.40. The Morgan fingerprint density at radius 2 is 1.00 bits per heavy atom. The Hall–Kier alpha value is -4.76. The number of rotatable bonds is 6. The van der Waals surface area contributed by atoms with Gasteiger partial charge in [-0.3, -0.25) is 9.59 Å². The number of hydrogen-bond donors (Lipinski definition) is 0. The fourth-order valence-electron chi connectivity index (χ4n) is 7.32. The molecular formula is C34H34F6N8O2. The lowest BCUT2D eigenvalue weighted by atomic mass is 10.0. The maximum absolute atomic E-state index is 14.3. The van der Waals surface area contributed by atoms with Gasteiger partial charge in [-0.2, -0.15) is 0 Å². The number of hydrogen-bond acceptors (Lipinski definition) is 6.